The summed E-state index contributed by atoms with van der Waals surface area (Å²) in [7, 11) is 4.77. The first-order chi connectivity index (χ1) is 66.9. The minimum atomic E-state index is -0.874. The number of hydrogen-bond acceptors (Lipinski definition) is 21. The monoisotopic (exact) mass is 2000 g/mol. The second kappa shape index (κ2) is 66.6. The molecular weight excluding hydrogens is 1820 g/mol. The van der Waals surface area contributed by atoms with Crippen molar-refractivity contribution < 1.29 is 86.1 Å². The van der Waals surface area contributed by atoms with E-state index in [9.17, 15) is 87.5 Å². The molecule has 0 aromatic carbocycles. The number of carbonyl (C=O) groups is 15. The van der Waals surface area contributed by atoms with Crippen LogP contribution in [0, 0.1) is 63.0 Å². The van der Waals surface area contributed by atoms with Crippen molar-refractivity contribution in [3.63, 3.8) is 0 Å². The predicted molar refractivity (Wildman–Crippen MR) is 548 cm³/mol. The fourth-order valence-corrected chi connectivity index (χ4v) is 16.7. The highest BCUT2D eigenvalue weighted by atomic mass is 16.5. The first-order valence-corrected chi connectivity index (χ1v) is 51.5. The highest BCUT2D eigenvalue weighted by Crippen LogP contribution is 2.29. The van der Waals surface area contributed by atoms with Crippen LogP contribution in [0.25, 0.3) is 0 Å². The van der Waals surface area contributed by atoms with Gasteiger partial charge in [-0.2, -0.15) is 14.2 Å². The van der Waals surface area contributed by atoms with E-state index in [1.807, 2.05) is 132 Å². The maximum Gasteiger partial charge on any atom is 0.252 e. The molecule has 3 heterocycles. The Kier molecular flexibility index (Phi) is 59.5. The highest BCUT2D eigenvalue weighted by molar-refractivity contribution is 6.01. The van der Waals surface area contributed by atoms with Crippen LogP contribution in [-0.4, -0.2) is 254 Å². The summed E-state index contributed by atoms with van der Waals surface area (Å²) in [5.41, 5.74) is 0.782. The van der Waals surface area contributed by atoms with Crippen molar-refractivity contribution in [2.45, 2.75) is 366 Å². The Morgan fingerprint density at radius 1 is 0.317 bits per heavy atom. The third-order valence-corrected chi connectivity index (χ3v) is 24.7. The van der Waals surface area contributed by atoms with Crippen molar-refractivity contribution in [3.8, 4) is 0 Å². The van der Waals surface area contributed by atoms with E-state index >= 15 is 0 Å². The highest BCUT2D eigenvalue weighted by Gasteiger charge is 2.41. The molecule has 1 aliphatic rings. The number of nitrogens with one attached hydrogen (secondary N) is 15. The summed E-state index contributed by atoms with van der Waals surface area (Å²) in [6.45, 7) is 48.0. The van der Waals surface area contributed by atoms with Crippen LogP contribution in [0.4, 0.5) is 0 Å². The van der Waals surface area contributed by atoms with Crippen molar-refractivity contribution in [2.24, 2.45) is 47.3 Å². The minimum absolute atomic E-state index is 0.0694. The van der Waals surface area contributed by atoms with E-state index in [0.29, 0.717) is 131 Å². The number of carbonyl (C=O) groups excluding carboxylic acids is 15. The fourth-order valence-electron chi connectivity index (χ4n) is 16.7. The van der Waals surface area contributed by atoms with Crippen LogP contribution in [-0.2, 0) is 57.5 Å². The molecule has 39 heteroatoms. The maximum atomic E-state index is 14.2. The van der Waals surface area contributed by atoms with Gasteiger partial charge >= 0.3 is 0 Å². The maximum absolute atomic E-state index is 14.2. The van der Waals surface area contributed by atoms with Crippen LogP contribution in [0.3, 0.4) is 0 Å². The average molecular weight is 2000 g/mol. The Balaban J connectivity index is 0.000000720. The molecule has 0 radical (unpaired) electrons. The van der Waals surface area contributed by atoms with Crippen LogP contribution in [0.1, 0.15) is 306 Å². The number of aromatic nitrogens is 3. The molecule has 1 saturated carbocycles. The van der Waals surface area contributed by atoms with Gasteiger partial charge in [0.25, 0.3) is 17.7 Å². The van der Waals surface area contributed by atoms with Crippen LogP contribution >= 0.6 is 0 Å². The normalized spacial score (nSPS) is 15.3. The quantitative estimate of drug-likeness (QED) is 0.0230. The molecule has 142 heavy (non-hydrogen) atoms. The third kappa shape index (κ3) is 45.6. The van der Waals surface area contributed by atoms with E-state index in [-0.39, 0.29) is 153 Å². The third-order valence-electron chi connectivity index (χ3n) is 24.7. The summed E-state index contributed by atoms with van der Waals surface area (Å²) >= 11 is 0. The van der Waals surface area contributed by atoms with Crippen LogP contribution in [0.15, 0.2) is 73.6 Å². The number of hydrogen-bond donors (Lipinski definition) is 15. The van der Waals surface area contributed by atoms with Gasteiger partial charge in [0.05, 0.1) is 34.8 Å². The number of nitrogens with zero attached hydrogens (tertiary/aromatic N) is 6. The Labute approximate surface area is 844 Å². The van der Waals surface area contributed by atoms with Crippen LogP contribution < -0.4 is 93.9 Å². The molecule has 1 aliphatic carbocycles. The Morgan fingerprint density at radius 3 is 0.838 bits per heavy atom. The first-order valence-electron chi connectivity index (χ1n) is 51.5. The molecule has 802 valence electrons. The van der Waals surface area contributed by atoms with E-state index in [4.69, 9.17) is 0 Å². The van der Waals surface area contributed by atoms with Gasteiger partial charge in [-0.3, -0.25) is 71.9 Å². The lowest BCUT2D eigenvalue weighted by molar-refractivity contribution is -0.605. The molecule has 0 spiro atoms. The molecular formula is C103H177N21O18. The standard InChI is InChI=1S/C36H61N7O6.C34H59N7O6.C33H57N7O6/c1-9-14-29(42(8)36(48)31(26-15-12-11-13-16-26)41-33(45)27-17-19-43(49)20-18-27)34(46)39-28(21-23(3)4)22-38-25(7)32(44)40-30(24(5)6)35(47)37-10-2;1-11-13-28(40(10)34(46)27(19-22(5)6)38-31(43)25-14-16-41(47)17-15-25)32(44)37-26(18-21(3)4)20-36-24(9)30(42)39-29(23(7)8)33(45)35-12-2;1-10-13-26(37-30(42)24-15-17-40(46)18-16-24)33(45)39(9)27(14-11-2)31(43)36-25(19-21(4)5)20-35-23(8)29(41)38-28(22(6)7)32(44)34-12-3/h17-20,23-26,28-31,38H,9-16,21-22H2,1-8H3,(H,37,47)(H,39,46)(H,40,44)(H,41,45);14-17,21-24,26-29,36H,11-13,18-20H2,1-10H3,(H,35,45)(H,37,44)(H,38,43)(H,39,42);15-18,21-23,25-28,35H,10-14,19-20H2,1-9H3,(H,34,44)(H,36,43)(H,37,42)(H,38,41)/t25-,28-,29-,30-,31-;24-,26-,27-,28-,29-;23-,25-,26-,27-,28-/m000/s1. The van der Waals surface area contributed by atoms with E-state index in [0.717, 1.165) is 32.1 Å². The van der Waals surface area contributed by atoms with Gasteiger partial charge < -0.3 is 110 Å². The minimum Gasteiger partial charge on any atom is -0.619 e. The molecule has 0 saturated heterocycles. The second-order valence-electron chi connectivity index (χ2n) is 40.2. The van der Waals surface area contributed by atoms with Gasteiger partial charge in [-0.1, -0.05) is 170 Å². The van der Waals surface area contributed by atoms with Crippen LogP contribution in [0.5, 0.6) is 0 Å². The van der Waals surface area contributed by atoms with Gasteiger partial charge in [0.2, 0.25) is 70.9 Å². The molecule has 3 aromatic heterocycles. The second-order valence-corrected chi connectivity index (χ2v) is 40.2. The molecule has 1 fully saturated rings. The molecule has 4 rings (SSSR count). The van der Waals surface area contributed by atoms with Crippen molar-refractivity contribution in [3.05, 3.63) is 106 Å². The smallest absolute Gasteiger partial charge is 0.252 e. The van der Waals surface area contributed by atoms with E-state index in [2.05, 4.69) is 93.6 Å². The predicted octanol–water partition coefficient (Wildman–Crippen LogP) is 5.92. The van der Waals surface area contributed by atoms with Crippen molar-refractivity contribution in [1.82, 2.24) is 94.5 Å². The summed E-state index contributed by atoms with van der Waals surface area (Å²) in [6, 6.07) is -1.36. The molecule has 15 N–H and O–H groups in total. The Morgan fingerprint density at radius 2 is 0.577 bits per heavy atom. The van der Waals surface area contributed by atoms with Crippen molar-refractivity contribution >= 4 is 88.6 Å². The molecule has 0 bridgehead atoms. The zero-order valence-electron chi connectivity index (χ0n) is 90.0. The Bertz CT molecular complexity index is 4360. The van der Waals surface area contributed by atoms with E-state index in [1.54, 1.807) is 41.9 Å². The molecule has 0 unspecified atom stereocenters. The summed E-state index contributed by atoms with van der Waals surface area (Å²) in [4.78, 5) is 203. The molecule has 15 amide bonds. The summed E-state index contributed by atoms with van der Waals surface area (Å²) in [6.07, 6.45) is 18.4. The average Bonchev–Trinajstić information content (AvgIpc) is 0.813. The zero-order chi connectivity index (χ0) is 107. The van der Waals surface area contributed by atoms with Gasteiger partial charge in [0.15, 0.2) is 37.2 Å². The largest absolute Gasteiger partial charge is 0.619 e. The van der Waals surface area contributed by atoms with E-state index < -0.39 is 90.2 Å². The molecule has 3 aromatic rings. The van der Waals surface area contributed by atoms with Gasteiger partial charge in [-0.25, -0.2) is 0 Å². The number of likely N-dealkylation sites (N-methyl/N-ethyl adjacent to an activating group) is 6. The van der Waals surface area contributed by atoms with Gasteiger partial charge in [0, 0.05) is 115 Å². The van der Waals surface area contributed by atoms with Crippen molar-refractivity contribution in [1.29, 1.82) is 0 Å². The molecule has 39 nitrogen and oxygen atoms in total. The lowest BCUT2D eigenvalue weighted by Gasteiger charge is -2.36. The summed E-state index contributed by atoms with van der Waals surface area (Å²) in [5.74, 6) is -4.65. The van der Waals surface area contributed by atoms with Crippen LogP contribution in [0.2, 0.25) is 0 Å². The lowest BCUT2D eigenvalue weighted by Crippen LogP contribution is -2.58. The lowest BCUT2D eigenvalue weighted by atomic mass is 9.83. The van der Waals surface area contributed by atoms with Gasteiger partial charge in [-0.15, -0.1) is 0 Å². The number of amides is 15. The zero-order valence-corrected chi connectivity index (χ0v) is 90.0. The summed E-state index contributed by atoms with van der Waals surface area (Å²) in [5, 5.41) is 78.5. The van der Waals surface area contributed by atoms with Gasteiger partial charge in [0.1, 0.15) is 54.4 Å². The molecule has 15 atom stereocenters. The fraction of sp³-hybridized carbons (Fsp3) is 0.709. The van der Waals surface area contributed by atoms with Gasteiger partial charge in [-0.05, 0) is 153 Å². The SMILES string of the molecule is CCC[C@@H](C(=O)N[C@H](CN[C@@H](C)C(=O)N[C@H](C(=O)NCC)C(C)C)CC(C)C)N(C)C(=O)[C@@H](NC(=O)c1cc[n+]([O-])cc1)C1CCCCC1.CCC[C@@H](C(=O)N[C@H](CN[C@@H](C)C(=O)N[C@H](C(=O)NCC)C(C)C)CC(C)C)N(C)C(=O)[C@H](CC(C)C)NC(=O)c1cc[n+]([O-])cc1.CCC[C@H](NC(=O)c1cc[n+]([O-])cc1)C(=O)N(C)[C@@H](CCC)C(=O)N[C@H](CN[C@@H](C)C(=O)N[C@H](C(=O)NCC)C(C)C)CC(C)C. The number of rotatable bonds is 59. The first kappa shape index (κ1) is 127. The van der Waals surface area contributed by atoms with Crippen molar-refractivity contribution in [2.75, 3.05) is 60.4 Å². The topological polar surface area (TPSA) is 527 Å². The number of pyridine rings is 3. The van der Waals surface area contributed by atoms with E-state index in [1.165, 1.54) is 88.3 Å². The molecule has 0 aliphatic heterocycles. The summed E-state index contributed by atoms with van der Waals surface area (Å²) < 4.78 is 1.74. The Hall–Kier alpha value is -11.2.